The van der Waals surface area contributed by atoms with Gasteiger partial charge in [-0.05, 0) is 51.3 Å². The average molecular weight is 445 g/mol. The van der Waals surface area contributed by atoms with Gasteiger partial charge < -0.3 is 15.4 Å². The number of hydrogen-bond acceptors (Lipinski definition) is 5. The number of nitrogens with zero attached hydrogens (tertiary/aromatic N) is 3. The number of rotatable bonds is 5. The number of halogens is 3. The lowest BCUT2D eigenvalue weighted by atomic mass is 9.96. The number of imidazole rings is 1. The Morgan fingerprint density at radius 3 is 2.78 bits per heavy atom. The van der Waals surface area contributed by atoms with E-state index in [1.807, 2.05) is 18.2 Å². The largest absolute Gasteiger partial charge is 0.496 e. The van der Waals surface area contributed by atoms with Gasteiger partial charge in [0.25, 0.3) is 0 Å². The van der Waals surface area contributed by atoms with Crippen LogP contribution in [0, 0.1) is 0 Å². The first kappa shape index (κ1) is 21.1. The predicted octanol–water partition coefficient (Wildman–Crippen LogP) is 4.55. The van der Waals surface area contributed by atoms with Gasteiger partial charge in [-0.1, -0.05) is 6.07 Å². The smallest absolute Gasteiger partial charge is 0.398 e. The molecule has 3 aromatic heterocycles. The Morgan fingerprint density at radius 2 is 2.09 bits per heavy atom. The third-order valence-electron chi connectivity index (χ3n) is 6.62. The standard InChI is InChI=1S/C23H26F3N5O/c1-14-10-15(6-9-27-14)29-20-5-3-4-17(30-20)18-12-28-21-11-19(32-2)16(13-31(18)21)22(7-8-22)23(24,25)26/h3-5,11-15,27H,6-10H2,1-2H3,(H,29,30). The number of ether oxygens (including phenoxy) is 1. The van der Waals surface area contributed by atoms with E-state index in [4.69, 9.17) is 9.72 Å². The van der Waals surface area contributed by atoms with Crippen molar-refractivity contribution in [2.24, 2.45) is 0 Å². The Balaban J connectivity index is 1.52. The summed E-state index contributed by atoms with van der Waals surface area (Å²) in [7, 11) is 1.39. The van der Waals surface area contributed by atoms with E-state index in [9.17, 15) is 13.2 Å². The fraction of sp³-hybridized carbons (Fsp3) is 0.478. The van der Waals surface area contributed by atoms with E-state index >= 15 is 0 Å². The zero-order chi connectivity index (χ0) is 22.5. The number of nitrogens with one attached hydrogen (secondary N) is 2. The van der Waals surface area contributed by atoms with Crippen LogP contribution in [0.5, 0.6) is 5.75 Å². The van der Waals surface area contributed by atoms with Crippen molar-refractivity contribution in [1.29, 1.82) is 0 Å². The zero-order valence-corrected chi connectivity index (χ0v) is 18.0. The van der Waals surface area contributed by atoms with Crippen molar-refractivity contribution in [2.45, 2.75) is 56.3 Å². The van der Waals surface area contributed by atoms with Crippen LogP contribution in [0.2, 0.25) is 0 Å². The summed E-state index contributed by atoms with van der Waals surface area (Å²) in [6.07, 6.45) is 0.975. The Hall–Kier alpha value is -2.81. The Bertz CT molecular complexity index is 1140. The highest BCUT2D eigenvalue weighted by atomic mass is 19.4. The van der Waals surface area contributed by atoms with Gasteiger partial charge in [-0.15, -0.1) is 0 Å². The van der Waals surface area contributed by atoms with Crippen LogP contribution in [0.25, 0.3) is 17.0 Å². The summed E-state index contributed by atoms with van der Waals surface area (Å²) < 4.78 is 48.5. The average Bonchev–Trinajstić information content (AvgIpc) is 3.48. The molecule has 3 aromatic rings. The van der Waals surface area contributed by atoms with E-state index in [1.165, 1.54) is 13.3 Å². The fourth-order valence-corrected chi connectivity index (χ4v) is 4.68. The van der Waals surface area contributed by atoms with E-state index < -0.39 is 11.6 Å². The number of alkyl halides is 3. The van der Waals surface area contributed by atoms with E-state index in [-0.39, 0.29) is 24.2 Å². The normalized spacial score (nSPS) is 22.7. The maximum atomic E-state index is 13.8. The number of hydrogen-bond donors (Lipinski definition) is 2. The van der Waals surface area contributed by atoms with E-state index in [0.717, 1.165) is 25.2 Å². The lowest BCUT2D eigenvalue weighted by molar-refractivity contribution is -0.161. The van der Waals surface area contributed by atoms with Gasteiger partial charge in [0.1, 0.15) is 17.2 Å². The highest BCUT2D eigenvalue weighted by Crippen LogP contribution is 2.60. The molecule has 9 heteroatoms. The lowest BCUT2D eigenvalue weighted by Gasteiger charge is -2.29. The second-order valence-electron chi connectivity index (χ2n) is 8.84. The second-order valence-corrected chi connectivity index (χ2v) is 8.84. The molecular weight excluding hydrogens is 419 g/mol. The fourth-order valence-electron chi connectivity index (χ4n) is 4.68. The summed E-state index contributed by atoms with van der Waals surface area (Å²) in [5, 5.41) is 6.93. The number of anilines is 1. The molecule has 1 aliphatic carbocycles. The number of piperidine rings is 1. The highest BCUT2D eigenvalue weighted by Gasteiger charge is 2.65. The van der Waals surface area contributed by atoms with Crippen molar-refractivity contribution >= 4 is 11.5 Å². The first-order valence-corrected chi connectivity index (χ1v) is 10.9. The first-order valence-electron chi connectivity index (χ1n) is 10.9. The number of methoxy groups -OCH3 is 1. The molecule has 170 valence electrons. The molecule has 4 heterocycles. The molecule has 2 N–H and O–H groups in total. The van der Waals surface area contributed by atoms with Gasteiger partial charge in [-0.3, -0.25) is 4.40 Å². The van der Waals surface area contributed by atoms with Gasteiger partial charge in [0, 0.05) is 29.9 Å². The zero-order valence-electron chi connectivity index (χ0n) is 18.0. The highest BCUT2D eigenvalue weighted by molar-refractivity contribution is 5.64. The molecule has 0 amide bonds. The number of fused-ring (bicyclic) bond motifs is 1. The Morgan fingerprint density at radius 1 is 1.28 bits per heavy atom. The van der Waals surface area contributed by atoms with E-state index in [2.05, 4.69) is 22.5 Å². The molecule has 1 saturated carbocycles. The van der Waals surface area contributed by atoms with Gasteiger partial charge in [0.05, 0.1) is 30.1 Å². The van der Waals surface area contributed by atoms with Crippen LogP contribution in [-0.2, 0) is 5.41 Å². The first-order chi connectivity index (χ1) is 15.3. The summed E-state index contributed by atoms with van der Waals surface area (Å²) in [4.78, 5) is 9.14. The molecule has 5 rings (SSSR count). The number of aromatic nitrogens is 3. The summed E-state index contributed by atoms with van der Waals surface area (Å²) in [5.74, 6) is 0.965. The molecule has 0 radical (unpaired) electrons. The maximum absolute atomic E-state index is 13.8. The molecular formula is C23H26F3N5O. The van der Waals surface area contributed by atoms with Crippen molar-refractivity contribution in [3.05, 3.63) is 42.2 Å². The molecule has 6 nitrogen and oxygen atoms in total. The molecule has 2 unspecified atom stereocenters. The van der Waals surface area contributed by atoms with Gasteiger partial charge in [0.15, 0.2) is 0 Å². The maximum Gasteiger partial charge on any atom is 0.398 e. The summed E-state index contributed by atoms with van der Waals surface area (Å²) in [6, 6.07) is 8.01. The monoisotopic (exact) mass is 445 g/mol. The second kappa shape index (κ2) is 7.65. The quantitative estimate of drug-likeness (QED) is 0.603. The third kappa shape index (κ3) is 3.58. The summed E-state index contributed by atoms with van der Waals surface area (Å²) >= 11 is 0. The third-order valence-corrected chi connectivity index (χ3v) is 6.62. The van der Waals surface area contributed by atoms with Crippen molar-refractivity contribution in [2.75, 3.05) is 19.0 Å². The molecule has 1 saturated heterocycles. The van der Waals surface area contributed by atoms with Crippen LogP contribution >= 0.6 is 0 Å². The van der Waals surface area contributed by atoms with Crippen LogP contribution in [-0.4, -0.2) is 46.3 Å². The molecule has 2 atom stereocenters. The van der Waals surface area contributed by atoms with Crippen LogP contribution in [0.4, 0.5) is 19.0 Å². The molecule has 2 aliphatic rings. The SMILES string of the molecule is COc1cc2ncc(-c3cccc(NC4CCNC(C)C4)n3)n2cc1C1(C(F)(F)F)CC1. The van der Waals surface area contributed by atoms with Gasteiger partial charge in [0.2, 0.25) is 0 Å². The van der Waals surface area contributed by atoms with Crippen LogP contribution in [0.15, 0.2) is 36.7 Å². The topological polar surface area (TPSA) is 63.5 Å². The molecule has 2 fully saturated rings. The lowest BCUT2D eigenvalue weighted by Crippen LogP contribution is -2.41. The van der Waals surface area contributed by atoms with Gasteiger partial charge in [-0.25, -0.2) is 9.97 Å². The predicted molar refractivity (Wildman–Crippen MR) is 116 cm³/mol. The van der Waals surface area contributed by atoms with Crippen molar-refractivity contribution in [3.8, 4) is 17.1 Å². The minimum Gasteiger partial charge on any atom is -0.496 e. The van der Waals surface area contributed by atoms with Crippen LogP contribution in [0.3, 0.4) is 0 Å². The Labute approximate surface area is 184 Å². The molecule has 0 aromatic carbocycles. The van der Waals surface area contributed by atoms with E-state index in [0.29, 0.717) is 29.1 Å². The van der Waals surface area contributed by atoms with Gasteiger partial charge in [-0.2, -0.15) is 13.2 Å². The molecule has 32 heavy (non-hydrogen) atoms. The Kier molecular flexibility index (Phi) is 5.03. The molecule has 0 spiro atoms. The summed E-state index contributed by atoms with van der Waals surface area (Å²) in [5.41, 5.74) is 0.112. The van der Waals surface area contributed by atoms with Gasteiger partial charge >= 0.3 is 6.18 Å². The van der Waals surface area contributed by atoms with Crippen LogP contribution < -0.4 is 15.4 Å². The van der Waals surface area contributed by atoms with E-state index in [1.54, 1.807) is 16.7 Å². The van der Waals surface area contributed by atoms with Crippen LogP contribution in [0.1, 0.15) is 38.2 Å². The minimum atomic E-state index is -4.33. The summed E-state index contributed by atoms with van der Waals surface area (Å²) in [6.45, 7) is 3.12. The minimum absolute atomic E-state index is 0.0642. The number of pyridine rings is 2. The van der Waals surface area contributed by atoms with Crippen molar-refractivity contribution in [1.82, 2.24) is 19.7 Å². The molecule has 0 bridgehead atoms. The van der Waals surface area contributed by atoms with Crippen molar-refractivity contribution in [3.63, 3.8) is 0 Å². The van der Waals surface area contributed by atoms with Crippen molar-refractivity contribution < 1.29 is 17.9 Å². The molecule has 1 aliphatic heterocycles.